The van der Waals surface area contributed by atoms with Gasteiger partial charge in [0.15, 0.2) is 0 Å². The van der Waals surface area contributed by atoms with Gasteiger partial charge in [-0.05, 0) is 48.4 Å². The molecule has 1 unspecified atom stereocenters. The van der Waals surface area contributed by atoms with E-state index in [0.29, 0.717) is 36.5 Å². The summed E-state index contributed by atoms with van der Waals surface area (Å²) < 4.78 is 5.68. The van der Waals surface area contributed by atoms with E-state index in [1.54, 1.807) is 0 Å². The lowest BCUT2D eigenvalue weighted by Crippen LogP contribution is -2.40. The number of aliphatic hydroxyl groups is 1. The molecule has 168 valence electrons. The molecule has 6 heteroatoms. The molecule has 0 aliphatic carbocycles. The molecule has 32 heavy (non-hydrogen) atoms. The summed E-state index contributed by atoms with van der Waals surface area (Å²) >= 11 is 0. The summed E-state index contributed by atoms with van der Waals surface area (Å²) in [6.07, 6.45) is 2.72. The van der Waals surface area contributed by atoms with Crippen molar-refractivity contribution in [1.82, 2.24) is 9.80 Å². The Morgan fingerprint density at radius 3 is 2.47 bits per heavy atom. The van der Waals surface area contributed by atoms with Crippen molar-refractivity contribution in [2.75, 3.05) is 26.3 Å². The molecule has 2 aliphatic rings. The van der Waals surface area contributed by atoms with Gasteiger partial charge in [-0.2, -0.15) is 0 Å². The summed E-state index contributed by atoms with van der Waals surface area (Å²) in [5.74, 6) is 0.309. The van der Waals surface area contributed by atoms with Crippen LogP contribution >= 0.6 is 0 Å². The van der Waals surface area contributed by atoms with Crippen LogP contribution in [0, 0.1) is 5.92 Å². The Bertz CT molecular complexity index is 985. The number of benzene rings is 2. The zero-order valence-electron chi connectivity index (χ0n) is 18.5. The van der Waals surface area contributed by atoms with Gasteiger partial charge in [0.1, 0.15) is 11.4 Å². The first-order valence-electron chi connectivity index (χ1n) is 11.4. The van der Waals surface area contributed by atoms with Crippen LogP contribution in [-0.4, -0.2) is 53.0 Å². The van der Waals surface area contributed by atoms with Crippen molar-refractivity contribution >= 4 is 17.4 Å². The fourth-order valence-electron chi connectivity index (χ4n) is 4.38. The molecule has 2 aromatic carbocycles. The van der Waals surface area contributed by atoms with E-state index in [0.717, 1.165) is 30.6 Å². The standard InChI is InChI=1S/C26H30N2O4/c1-2-15-32-22-12-10-21(11-13-22)23-24(27-14-6-9-20(16-27)18-29)26(31)28(25(23)30)17-19-7-4-3-5-8-19/h3-5,7-8,10-13,20,29H,2,6,9,14-18H2,1H3. The molecule has 2 heterocycles. The van der Waals surface area contributed by atoms with Gasteiger partial charge in [0, 0.05) is 19.7 Å². The minimum atomic E-state index is -0.276. The number of imide groups is 1. The topological polar surface area (TPSA) is 70.1 Å². The zero-order chi connectivity index (χ0) is 22.5. The number of aliphatic hydroxyl groups excluding tert-OH is 1. The van der Waals surface area contributed by atoms with Gasteiger partial charge in [0.2, 0.25) is 0 Å². The molecule has 1 saturated heterocycles. The van der Waals surface area contributed by atoms with Crippen molar-refractivity contribution in [3.8, 4) is 5.75 Å². The van der Waals surface area contributed by atoms with Crippen molar-refractivity contribution in [1.29, 1.82) is 0 Å². The van der Waals surface area contributed by atoms with Crippen LogP contribution in [0.4, 0.5) is 0 Å². The van der Waals surface area contributed by atoms with Crippen LogP contribution in [-0.2, 0) is 16.1 Å². The van der Waals surface area contributed by atoms with Crippen LogP contribution in [0.15, 0.2) is 60.3 Å². The summed E-state index contributed by atoms with van der Waals surface area (Å²) in [5.41, 5.74) is 2.51. The highest BCUT2D eigenvalue weighted by Gasteiger charge is 2.42. The molecular formula is C26H30N2O4. The van der Waals surface area contributed by atoms with Gasteiger partial charge in [-0.25, -0.2) is 0 Å². The largest absolute Gasteiger partial charge is 0.494 e. The summed E-state index contributed by atoms with van der Waals surface area (Å²) in [4.78, 5) is 30.4. The summed E-state index contributed by atoms with van der Waals surface area (Å²) in [6.45, 7) is 4.27. The number of carbonyl (C=O) groups is 2. The zero-order valence-corrected chi connectivity index (χ0v) is 18.5. The Balaban J connectivity index is 1.69. The Kier molecular flexibility index (Phi) is 6.90. The minimum Gasteiger partial charge on any atom is -0.494 e. The van der Waals surface area contributed by atoms with E-state index in [2.05, 4.69) is 0 Å². The van der Waals surface area contributed by atoms with Crippen LogP contribution in [0.3, 0.4) is 0 Å². The van der Waals surface area contributed by atoms with Gasteiger partial charge in [0.05, 0.1) is 18.7 Å². The van der Waals surface area contributed by atoms with E-state index >= 15 is 0 Å². The van der Waals surface area contributed by atoms with Gasteiger partial charge in [-0.15, -0.1) is 0 Å². The predicted octanol–water partition coefficient (Wildman–Crippen LogP) is 3.46. The van der Waals surface area contributed by atoms with E-state index in [9.17, 15) is 14.7 Å². The minimum absolute atomic E-state index is 0.0818. The van der Waals surface area contributed by atoms with Crippen molar-refractivity contribution in [2.45, 2.75) is 32.7 Å². The van der Waals surface area contributed by atoms with E-state index in [-0.39, 0.29) is 30.9 Å². The molecule has 0 bridgehead atoms. The monoisotopic (exact) mass is 434 g/mol. The molecule has 2 amide bonds. The van der Waals surface area contributed by atoms with Gasteiger partial charge in [-0.1, -0.05) is 49.4 Å². The first-order valence-corrected chi connectivity index (χ1v) is 11.4. The number of nitrogens with zero attached hydrogens (tertiary/aromatic N) is 2. The molecule has 0 aromatic heterocycles. The molecule has 4 rings (SSSR count). The first kappa shape index (κ1) is 22.1. The highest BCUT2D eigenvalue weighted by molar-refractivity contribution is 6.35. The lowest BCUT2D eigenvalue weighted by molar-refractivity contribution is -0.138. The summed E-state index contributed by atoms with van der Waals surface area (Å²) in [7, 11) is 0. The third-order valence-electron chi connectivity index (χ3n) is 6.04. The lowest BCUT2D eigenvalue weighted by atomic mass is 9.97. The van der Waals surface area contributed by atoms with Crippen molar-refractivity contribution < 1.29 is 19.4 Å². The van der Waals surface area contributed by atoms with E-state index in [1.165, 1.54) is 4.90 Å². The Morgan fingerprint density at radius 1 is 1.03 bits per heavy atom. The second-order valence-corrected chi connectivity index (χ2v) is 8.42. The fourth-order valence-corrected chi connectivity index (χ4v) is 4.38. The molecule has 0 spiro atoms. The van der Waals surface area contributed by atoms with Crippen LogP contribution in [0.2, 0.25) is 0 Å². The molecule has 2 aromatic rings. The highest BCUT2D eigenvalue weighted by atomic mass is 16.5. The van der Waals surface area contributed by atoms with Crippen LogP contribution < -0.4 is 4.74 Å². The maximum Gasteiger partial charge on any atom is 0.278 e. The van der Waals surface area contributed by atoms with E-state index in [1.807, 2.05) is 66.4 Å². The Morgan fingerprint density at radius 2 is 1.78 bits per heavy atom. The smallest absolute Gasteiger partial charge is 0.278 e. The molecule has 1 atom stereocenters. The number of amides is 2. The number of rotatable bonds is 8. The van der Waals surface area contributed by atoms with Crippen LogP contribution in [0.25, 0.3) is 5.57 Å². The number of piperidine rings is 1. The highest BCUT2D eigenvalue weighted by Crippen LogP contribution is 2.35. The second-order valence-electron chi connectivity index (χ2n) is 8.42. The average molecular weight is 435 g/mol. The molecule has 0 saturated carbocycles. The molecule has 6 nitrogen and oxygen atoms in total. The second kappa shape index (κ2) is 10.0. The van der Waals surface area contributed by atoms with E-state index in [4.69, 9.17) is 4.74 Å². The van der Waals surface area contributed by atoms with E-state index < -0.39 is 0 Å². The number of hydrogen-bond acceptors (Lipinski definition) is 5. The third-order valence-corrected chi connectivity index (χ3v) is 6.04. The molecule has 0 radical (unpaired) electrons. The average Bonchev–Trinajstić information content (AvgIpc) is 3.08. The van der Waals surface area contributed by atoms with Crippen molar-refractivity contribution in [3.05, 3.63) is 71.4 Å². The van der Waals surface area contributed by atoms with Crippen LogP contribution in [0.1, 0.15) is 37.3 Å². The Labute approximate surface area is 189 Å². The predicted molar refractivity (Wildman–Crippen MR) is 123 cm³/mol. The third kappa shape index (κ3) is 4.55. The summed E-state index contributed by atoms with van der Waals surface area (Å²) in [5, 5.41) is 9.68. The molecule has 2 aliphatic heterocycles. The van der Waals surface area contributed by atoms with Crippen molar-refractivity contribution in [2.24, 2.45) is 5.92 Å². The maximum atomic E-state index is 13.5. The Hall–Kier alpha value is -3.12. The number of hydrogen-bond donors (Lipinski definition) is 1. The van der Waals surface area contributed by atoms with Crippen LogP contribution in [0.5, 0.6) is 5.75 Å². The van der Waals surface area contributed by atoms with Gasteiger partial charge in [-0.3, -0.25) is 14.5 Å². The number of carbonyl (C=O) groups excluding carboxylic acids is 2. The number of ether oxygens (including phenoxy) is 1. The van der Waals surface area contributed by atoms with Crippen molar-refractivity contribution in [3.63, 3.8) is 0 Å². The maximum absolute atomic E-state index is 13.5. The summed E-state index contributed by atoms with van der Waals surface area (Å²) in [6, 6.07) is 17.0. The lowest BCUT2D eigenvalue weighted by Gasteiger charge is -2.34. The van der Waals surface area contributed by atoms with Gasteiger partial charge < -0.3 is 14.7 Å². The molecule has 1 N–H and O–H groups in total. The first-order chi connectivity index (χ1) is 15.6. The number of likely N-dealkylation sites (tertiary alicyclic amines) is 1. The SMILES string of the molecule is CCCOc1ccc(C2=C(N3CCCC(CO)C3)C(=O)N(Cc3ccccc3)C2=O)cc1. The normalized spacial score (nSPS) is 19.1. The quantitative estimate of drug-likeness (QED) is 0.645. The molecular weight excluding hydrogens is 404 g/mol. The van der Waals surface area contributed by atoms with Gasteiger partial charge in [0.25, 0.3) is 11.8 Å². The van der Waals surface area contributed by atoms with Gasteiger partial charge >= 0.3 is 0 Å². The fraction of sp³-hybridized carbons (Fsp3) is 0.385. The molecule has 1 fully saturated rings.